The lowest BCUT2D eigenvalue weighted by molar-refractivity contribution is 0.507. The molecule has 17 heavy (non-hydrogen) atoms. The Labute approximate surface area is 99.7 Å². The second-order valence-corrected chi connectivity index (χ2v) is 5.85. The standard InChI is InChI=1S/C13H17N3O/c1-13(2,3)12-15-9-7-14-11(17)6-10(9)16(12)8-4-5-8/h6-8H,4-5H2,1-3H3,(H,14,17). The molecule has 0 saturated heterocycles. The normalized spacial score (nSPS) is 16.6. The van der Waals surface area contributed by atoms with E-state index in [4.69, 9.17) is 0 Å². The number of H-pyrrole nitrogens is 1. The van der Waals surface area contributed by atoms with E-state index in [0.717, 1.165) is 16.9 Å². The van der Waals surface area contributed by atoms with Crippen LogP contribution in [0.1, 0.15) is 45.5 Å². The highest BCUT2D eigenvalue weighted by atomic mass is 16.1. The first-order valence-electron chi connectivity index (χ1n) is 6.08. The van der Waals surface area contributed by atoms with E-state index in [1.54, 1.807) is 12.3 Å². The Balaban J connectivity index is 2.35. The maximum atomic E-state index is 11.4. The molecule has 0 atom stereocenters. The van der Waals surface area contributed by atoms with E-state index in [0.29, 0.717) is 6.04 Å². The molecule has 1 aliphatic carbocycles. The molecule has 90 valence electrons. The van der Waals surface area contributed by atoms with E-state index in [-0.39, 0.29) is 11.0 Å². The third-order valence-electron chi connectivity index (χ3n) is 3.18. The topological polar surface area (TPSA) is 50.7 Å². The van der Waals surface area contributed by atoms with Crippen LogP contribution in [-0.2, 0) is 5.41 Å². The van der Waals surface area contributed by atoms with Crippen LogP contribution in [0, 0.1) is 0 Å². The molecule has 2 aromatic heterocycles. The summed E-state index contributed by atoms with van der Waals surface area (Å²) in [6, 6.07) is 2.20. The van der Waals surface area contributed by atoms with Crippen molar-refractivity contribution < 1.29 is 0 Å². The molecule has 3 rings (SSSR count). The number of nitrogens with one attached hydrogen (secondary N) is 1. The summed E-state index contributed by atoms with van der Waals surface area (Å²) in [6.45, 7) is 6.48. The molecular formula is C13H17N3O. The molecule has 1 saturated carbocycles. The minimum absolute atomic E-state index is 0.00462. The lowest BCUT2D eigenvalue weighted by atomic mass is 9.95. The van der Waals surface area contributed by atoms with Crippen molar-refractivity contribution in [3.05, 3.63) is 28.4 Å². The summed E-state index contributed by atoms with van der Waals surface area (Å²) >= 11 is 0. The second-order valence-electron chi connectivity index (χ2n) is 5.85. The van der Waals surface area contributed by atoms with Crippen molar-refractivity contribution in [2.24, 2.45) is 0 Å². The Bertz CT molecular complexity index is 626. The van der Waals surface area contributed by atoms with Gasteiger partial charge in [-0.3, -0.25) is 4.79 Å². The fraction of sp³-hybridized carbons (Fsp3) is 0.538. The smallest absolute Gasteiger partial charge is 0.250 e. The van der Waals surface area contributed by atoms with Gasteiger partial charge in [-0.15, -0.1) is 0 Å². The van der Waals surface area contributed by atoms with Crippen molar-refractivity contribution >= 4 is 11.0 Å². The number of hydrogen-bond acceptors (Lipinski definition) is 2. The summed E-state index contributed by atoms with van der Waals surface area (Å²) in [7, 11) is 0. The van der Waals surface area contributed by atoms with Gasteiger partial charge in [0.2, 0.25) is 5.56 Å². The Morgan fingerprint density at radius 1 is 1.41 bits per heavy atom. The predicted octanol–water partition coefficient (Wildman–Crippen LogP) is 2.36. The minimum atomic E-state index is -0.0558. The van der Waals surface area contributed by atoms with Crippen LogP contribution in [0.15, 0.2) is 17.1 Å². The molecule has 1 aliphatic rings. The molecule has 2 aromatic rings. The van der Waals surface area contributed by atoms with E-state index in [2.05, 4.69) is 35.3 Å². The molecule has 0 bridgehead atoms. The third-order valence-corrected chi connectivity index (χ3v) is 3.18. The molecule has 1 fully saturated rings. The van der Waals surface area contributed by atoms with E-state index in [1.165, 1.54) is 12.8 Å². The van der Waals surface area contributed by atoms with Gasteiger partial charge in [0.25, 0.3) is 0 Å². The third kappa shape index (κ3) is 1.68. The van der Waals surface area contributed by atoms with Crippen molar-refractivity contribution in [3.63, 3.8) is 0 Å². The van der Waals surface area contributed by atoms with E-state index in [1.807, 2.05) is 0 Å². The average molecular weight is 231 g/mol. The zero-order valence-corrected chi connectivity index (χ0v) is 10.4. The Kier molecular flexibility index (Phi) is 2.00. The fourth-order valence-corrected chi connectivity index (χ4v) is 2.25. The summed E-state index contributed by atoms with van der Waals surface area (Å²) in [5, 5.41) is 0. The molecule has 0 aromatic carbocycles. The van der Waals surface area contributed by atoms with Gasteiger partial charge in [0.05, 0.1) is 5.52 Å². The second kappa shape index (κ2) is 3.22. The summed E-state index contributed by atoms with van der Waals surface area (Å²) in [6.07, 6.45) is 4.11. The molecule has 0 radical (unpaired) electrons. The van der Waals surface area contributed by atoms with Gasteiger partial charge in [0.15, 0.2) is 0 Å². The Morgan fingerprint density at radius 2 is 2.12 bits per heavy atom. The number of nitrogens with zero attached hydrogens (tertiary/aromatic N) is 2. The Morgan fingerprint density at radius 3 is 2.71 bits per heavy atom. The molecule has 0 unspecified atom stereocenters. The number of fused-ring (bicyclic) bond motifs is 1. The number of imidazole rings is 1. The van der Waals surface area contributed by atoms with Gasteiger partial charge in [-0.25, -0.2) is 4.98 Å². The largest absolute Gasteiger partial charge is 0.327 e. The van der Waals surface area contributed by atoms with Crippen molar-refractivity contribution in [2.75, 3.05) is 0 Å². The molecule has 4 heteroatoms. The van der Waals surface area contributed by atoms with Gasteiger partial charge < -0.3 is 9.55 Å². The zero-order chi connectivity index (χ0) is 12.2. The summed E-state index contributed by atoms with van der Waals surface area (Å²) in [4.78, 5) is 18.8. The average Bonchev–Trinajstić information content (AvgIpc) is 2.98. The van der Waals surface area contributed by atoms with Gasteiger partial charge in [-0.2, -0.15) is 0 Å². The monoisotopic (exact) mass is 231 g/mol. The van der Waals surface area contributed by atoms with Crippen LogP contribution in [0.5, 0.6) is 0 Å². The Hall–Kier alpha value is -1.58. The number of rotatable bonds is 1. The number of pyridine rings is 1. The summed E-state index contributed by atoms with van der Waals surface area (Å²) in [5.74, 6) is 1.08. The SMILES string of the molecule is CC(C)(C)c1nc2c[nH]c(=O)cc2n1C1CC1. The first-order chi connectivity index (χ1) is 7.97. The van der Waals surface area contributed by atoms with Crippen molar-refractivity contribution in [1.82, 2.24) is 14.5 Å². The minimum Gasteiger partial charge on any atom is -0.327 e. The van der Waals surface area contributed by atoms with E-state index < -0.39 is 0 Å². The number of aromatic amines is 1. The maximum absolute atomic E-state index is 11.4. The molecule has 1 N–H and O–H groups in total. The van der Waals surface area contributed by atoms with Crippen LogP contribution in [0.2, 0.25) is 0 Å². The van der Waals surface area contributed by atoms with E-state index >= 15 is 0 Å². The summed E-state index contributed by atoms with van der Waals surface area (Å²) in [5.41, 5.74) is 1.81. The van der Waals surface area contributed by atoms with Crippen LogP contribution in [0.3, 0.4) is 0 Å². The van der Waals surface area contributed by atoms with Crippen LogP contribution < -0.4 is 5.56 Å². The van der Waals surface area contributed by atoms with Crippen LogP contribution in [0.25, 0.3) is 11.0 Å². The molecule has 2 heterocycles. The summed E-state index contributed by atoms with van der Waals surface area (Å²) < 4.78 is 2.25. The van der Waals surface area contributed by atoms with Gasteiger partial charge in [-0.05, 0) is 12.8 Å². The van der Waals surface area contributed by atoms with Gasteiger partial charge in [-0.1, -0.05) is 20.8 Å². The molecule has 0 spiro atoms. The fourth-order valence-electron chi connectivity index (χ4n) is 2.25. The highest BCUT2D eigenvalue weighted by Gasteiger charge is 2.32. The van der Waals surface area contributed by atoms with Gasteiger partial charge >= 0.3 is 0 Å². The van der Waals surface area contributed by atoms with Crippen LogP contribution in [-0.4, -0.2) is 14.5 Å². The van der Waals surface area contributed by atoms with Crippen molar-refractivity contribution in [3.8, 4) is 0 Å². The molecule has 4 nitrogen and oxygen atoms in total. The predicted molar refractivity (Wildman–Crippen MR) is 67.3 cm³/mol. The quantitative estimate of drug-likeness (QED) is 0.819. The van der Waals surface area contributed by atoms with Gasteiger partial charge in [0, 0.05) is 23.7 Å². The highest BCUT2D eigenvalue weighted by Crippen LogP contribution is 2.40. The van der Waals surface area contributed by atoms with Gasteiger partial charge in [0.1, 0.15) is 11.3 Å². The number of aromatic nitrogens is 3. The zero-order valence-electron chi connectivity index (χ0n) is 10.4. The number of hydrogen-bond donors (Lipinski definition) is 1. The maximum Gasteiger partial charge on any atom is 0.250 e. The van der Waals surface area contributed by atoms with Crippen LogP contribution in [0.4, 0.5) is 0 Å². The van der Waals surface area contributed by atoms with E-state index in [9.17, 15) is 4.79 Å². The molecule has 0 amide bonds. The molecule has 0 aliphatic heterocycles. The van der Waals surface area contributed by atoms with Crippen molar-refractivity contribution in [2.45, 2.75) is 45.1 Å². The first-order valence-corrected chi connectivity index (χ1v) is 6.08. The van der Waals surface area contributed by atoms with Crippen molar-refractivity contribution in [1.29, 1.82) is 0 Å². The molecular weight excluding hydrogens is 214 g/mol. The lowest BCUT2D eigenvalue weighted by Crippen LogP contribution is -2.18. The first kappa shape index (κ1) is 10.6. The highest BCUT2D eigenvalue weighted by molar-refractivity contribution is 5.75. The lowest BCUT2D eigenvalue weighted by Gasteiger charge is -2.19. The van der Waals surface area contributed by atoms with Crippen LogP contribution >= 0.6 is 0 Å².